The number of hydrazine groups is 1. The molecule has 0 bridgehead atoms. The summed E-state index contributed by atoms with van der Waals surface area (Å²) in [5.41, 5.74) is 0.510. The molecular formula is C17H21N3O5S. The molecule has 1 saturated heterocycles. The lowest BCUT2D eigenvalue weighted by molar-refractivity contribution is -0.142. The van der Waals surface area contributed by atoms with Crippen LogP contribution in [-0.2, 0) is 9.53 Å². The highest BCUT2D eigenvalue weighted by Gasteiger charge is 2.30. The van der Waals surface area contributed by atoms with Gasteiger partial charge in [0.05, 0.1) is 13.0 Å². The SMILES string of the molecule is CCOC(=O)CCNC(=S)N1CCCN1C(=O)c1ccc2c(c1)OCO2. The molecule has 26 heavy (non-hydrogen) atoms. The first kappa shape index (κ1) is 18.2. The van der Waals surface area contributed by atoms with Gasteiger partial charge in [-0.1, -0.05) is 0 Å². The number of benzene rings is 1. The number of nitrogens with zero attached hydrogens (tertiary/aromatic N) is 2. The molecule has 140 valence electrons. The summed E-state index contributed by atoms with van der Waals surface area (Å²) in [6.07, 6.45) is 1.04. The largest absolute Gasteiger partial charge is 0.466 e. The highest BCUT2D eigenvalue weighted by molar-refractivity contribution is 7.80. The Balaban J connectivity index is 1.59. The van der Waals surface area contributed by atoms with E-state index in [1.165, 1.54) is 0 Å². The van der Waals surface area contributed by atoms with Gasteiger partial charge in [-0.3, -0.25) is 14.6 Å². The molecule has 0 aromatic heterocycles. The van der Waals surface area contributed by atoms with Crippen LogP contribution in [-0.4, -0.2) is 60.0 Å². The van der Waals surface area contributed by atoms with Crippen LogP contribution in [0.2, 0.25) is 0 Å². The lowest BCUT2D eigenvalue weighted by Gasteiger charge is -2.30. The summed E-state index contributed by atoms with van der Waals surface area (Å²) >= 11 is 5.38. The first-order valence-electron chi connectivity index (χ1n) is 8.52. The van der Waals surface area contributed by atoms with Crippen LogP contribution in [0.5, 0.6) is 11.5 Å². The Bertz CT molecular complexity index is 712. The Morgan fingerprint density at radius 2 is 2.00 bits per heavy atom. The number of hydrogen-bond acceptors (Lipinski definition) is 6. The molecule has 2 heterocycles. The van der Waals surface area contributed by atoms with Crippen molar-refractivity contribution in [3.63, 3.8) is 0 Å². The van der Waals surface area contributed by atoms with Crippen LogP contribution in [0, 0.1) is 0 Å². The van der Waals surface area contributed by atoms with E-state index in [0.717, 1.165) is 6.42 Å². The molecular weight excluding hydrogens is 358 g/mol. The van der Waals surface area contributed by atoms with Crippen molar-refractivity contribution in [2.24, 2.45) is 0 Å². The Hall–Kier alpha value is -2.55. The summed E-state index contributed by atoms with van der Waals surface area (Å²) in [6, 6.07) is 5.12. The molecule has 3 rings (SSSR count). The minimum Gasteiger partial charge on any atom is -0.466 e. The van der Waals surface area contributed by atoms with Crippen molar-refractivity contribution in [2.75, 3.05) is 33.0 Å². The summed E-state index contributed by atoms with van der Waals surface area (Å²) in [4.78, 5) is 24.2. The van der Waals surface area contributed by atoms with Crippen molar-refractivity contribution in [2.45, 2.75) is 19.8 Å². The minimum absolute atomic E-state index is 0.157. The standard InChI is InChI=1S/C17H21N3O5S/c1-2-23-15(21)6-7-18-17(26)20-9-3-8-19(20)16(22)12-4-5-13-14(10-12)25-11-24-13/h4-5,10H,2-3,6-9,11H2,1H3,(H,18,26). The first-order chi connectivity index (χ1) is 12.6. The highest BCUT2D eigenvalue weighted by atomic mass is 32.1. The van der Waals surface area contributed by atoms with E-state index in [1.807, 2.05) is 0 Å². The van der Waals surface area contributed by atoms with Gasteiger partial charge in [0.15, 0.2) is 16.6 Å². The van der Waals surface area contributed by atoms with Gasteiger partial charge in [0.1, 0.15) is 0 Å². The number of ether oxygens (including phenoxy) is 3. The van der Waals surface area contributed by atoms with Gasteiger partial charge in [-0.2, -0.15) is 0 Å². The fraction of sp³-hybridized carbons (Fsp3) is 0.471. The number of thiocarbonyl (C=S) groups is 1. The fourth-order valence-electron chi connectivity index (χ4n) is 2.81. The van der Waals surface area contributed by atoms with Crippen LogP contribution in [0.15, 0.2) is 18.2 Å². The van der Waals surface area contributed by atoms with E-state index < -0.39 is 0 Å². The van der Waals surface area contributed by atoms with Gasteiger partial charge < -0.3 is 19.5 Å². The predicted octanol–water partition coefficient (Wildman–Crippen LogP) is 1.31. The van der Waals surface area contributed by atoms with Crippen molar-refractivity contribution < 1.29 is 23.8 Å². The molecule has 1 fully saturated rings. The zero-order chi connectivity index (χ0) is 18.5. The van der Waals surface area contributed by atoms with Crippen molar-refractivity contribution in [1.29, 1.82) is 0 Å². The van der Waals surface area contributed by atoms with Crippen molar-refractivity contribution in [3.8, 4) is 11.5 Å². The molecule has 2 aliphatic rings. The number of carbonyl (C=O) groups excluding carboxylic acids is 2. The summed E-state index contributed by atoms with van der Waals surface area (Å²) < 4.78 is 15.5. The molecule has 1 aromatic carbocycles. The first-order valence-corrected chi connectivity index (χ1v) is 8.93. The molecule has 0 saturated carbocycles. The van der Waals surface area contributed by atoms with Gasteiger partial charge in [-0.05, 0) is 43.8 Å². The number of esters is 1. The van der Waals surface area contributed by atoms with Gasteiger partial charge in [0.2, 0.25) is 6.79 Å². The Morgan fingerprint density at radius 3 is 2.81 bits per heavy atom. The Labute approximate surface area is 156 Å². The van der Waals surface area contributed by atoms with Gasteiger partial charge in [-0.15, -0.1) is 0 Å². The molecule has 1 amide bonds. The molecule has 8 nitrogen and oxygen atoms in total. The van der Waals surface area contributed by atoms with Crippen LogP contribution >= 0.6 is 12.2 Å². The van der Waals surface area contributed by atoms with Crippen LogP contribution in [0.1, 0.15) is 30.1 Å². The molecule has 2 aliphatic heterocycles. The third-order valence-electron chi connectivity index (χ3n) is 4.03. The number of nitrogens with one attached hydrogen (secondary N) is 1. The summed E-state index contributed by atoms with van der Waals surface area (Å²) in [5.74, 6) is 0.764. The lowest BCUT2D eigenvalue weighted by atomic mass is 10.2. The average Bonchev–Trinajstić information content (AvgIpc) is 3.29. The van der Waals surface area contributed by atoms with Crippen molar-refractivity contribution >= 4 is 29.2 Å². The average molecular weight is 379 g/mol. The van der Waals surface area contributed by atoms with Crippen molar-refractivity contribution in [3.05, 3.63) is 23.8 Å². The molecule has 0 unspecified atom stereocenters. The molecule has 9 heteroatoms. The monoisotopic (exact) mass is 379 g/mol. The maximum Gasteiger partial charge on any atom is 0.307 e. The smallest absolute Gasteiger partial charge is 0.307 e. The zero-order valence-corrected chi connectivity index (χ0v) is 15.3. The topological polar surface area (TPSA) is 80.3 Å². The molecule has 0 aliphatic carbocycles. The van der Waals surface area contributed by atoms with Gasteiger partial charge in [-0.25, -0.2) is 5.01 Å². The third kappa shape index (κ3) is 3.98. The molecule has 0 atom stereocenters. The van der Waals surface area contributed by atoms with E-state index >= 15 is 0 Å². The predicted molar refractivity (Wildman–Crippen MR) is 96.8 cm³/mol. The van der Waals surface area contributed by atoms with Gasteiger partial charge in [0.25, 0.3) is 5.91 Å². The third-order valence-corrected chi connectivity index (χ3v) is 4.39. The minimum atomic E-state index is -0.280. The van der Waals surface area contributed by atoms with E-state index in [4.69, 9.17) is 26.4 Å². The normalized spacial score (nSPS) is 15.1. The Morgan fingerprint density at radius 1 is 1.23 bits per heavy atom. The zero-order valence-electron chi connectivity index (χ0n) is 14.5. The van der Waals surface area contributed by atoms with Crippen molar-refractivity contribution in [1.82, 2.24) is 15.3 Å². The quantitative estimate of drug-likeness (QED) is 0.606. The van der Waals surface area contributed by atoms with Gasteiger partial charge >= 0.3 is 5.97 Å². The van der Waals surface area contributed by atoms with Gasteiger partial charge in [0, 0.05) is 25.2 Å². The Kier molecular flexibility index (Phi) is 5.77. The van der Waals surface area contributed by atoms with E-state index in [0.29, 0.717) is 48.4 Å². The second-order valence-corrected chi connectivity index (χ2v) is 6.15. The van der Waals surface area contributed by atoms with E-state index in [-0.39, 0.29) is 25.1 Å². The van der Waals surface area contributed by atoms with Crippen LogP contribution < -0.4 is 14.8 Å². The maximum atomic E-state index is 12.9. The molecule has 0 spiro atoms. The fourth-order valence-corrected chi connectivity index (χ4v) is 3.10. The second kappa shape index (κ2) is 8.22. The van der Waals surface area contributed by atoms with Crippen LogP contribution in [0.3, 0.4) is 0 Å². The van der Waals surface area contributed by atoms with E-state index in [1.54, 1.807) is 35.1 Å². The molecule has 0 radical (unpaired) electrons. The van der Waals surface area contributed by atoms with E-state index in [2.05, 4.69) is 5.32 Å². The molecule has 1 aromatic rings. The second-order valence-electron chi connectivity index (χ2n) is 5.76. The summed E-state index contributed by atoms with van der Waals surface area (Å²) in [7, 11) is 0. The molecule has 1 N–H and O–H groups in total. The summed E-state index contributed by atoms with van der Waals surface area (Å²) in [5, 5.41) is 6.77. The lowest BCUT2D eigenvalue weighted by Crippen LogP contribution is -2.49. The number of hydrogen-bond donors (Lipinski definition) is 1. The van der Waals surface area contributed by atoms with Crippen LogP contribution in [0.25, 0.3) is 0 Å². The number of carbonyl (C=O) groups is 2. The number of fused-ring (bicyclic) bond motifs is 1. The number of amides is 1. The van der Waals surface area contributed by atoms with Crippen LogP contribution in [0.4, 0.5) is 0 Å². The summed E-state index contributed by atoms with van der Waals surface area (Å²) in [6.45, 7) is 3.86. The number of rotatable bonds is 5. The highest BCUT2D eigenvalue weighted by Crippen LogP contribution is 2.33. The van der Waals surface area contributed by atoms with E-state index in [9.17, 15) is 9.59 Å². The maximum absolute atomic E-state index is 12.9.